The lowest BCUT2D eigenvalue weighted by Crippen LogP contribution is -2.05. The summed E-state index contributed by atoms with van der Waals surface area (Å²) in [5.41, 5.74) is 3.85. The summed E-state index contributed by atoms with van der Waals surface area (Å²) in [6.07, 6.45) is 17.4. The zero-order chi connectivity index (χ0) is 21.8. The Morgan fingerprint density at radius 1 is 0.455 bits per heavy atom. The predicted molar refractivity (Wildman–Crippen MR) is 142 cm³/mol. The lowest BCUT2D eigenvalue weighted by molar-refractivity contribution is 1.29. The highest BCUT2D eigenvalue weighted by Crippen LogP contribution is 2.42. The minimum atomic E-state index is 1.26. The van der Waals surface area contributed by atoms with Crippen LogP contribution in [0.25, 0.3) is 43.1 Å². The van der Waals surface area contributed by atoms with Crippen LogP contribution in [0.5, 0.6) is 0 Å². The van der Waals surface area contributed by atoms with Gasteiger partial charge in [0.1, 0.15) is 0 Å². The molecule has 0 heterocycles. The summed E-state index contributed by atoms with van der Waals surface area (Å²) in [6, 6.07) is 29.1. The number of allylic oxidation sites excluding steroid dienone is 10. The fourth-order valence-corrected chi connectivity index (χ4v) is 5.36. The monoisotopic (exact) mass is 417 g/mol. The maximum absolute atomic E-state index is 2.37. The third-order valence-electron chi connectivity index (χ3n) is 6.90. The molecule has 0 bridgehead atoms. The Morgan fingerprint density at radius 2 is 1.12 bits per heavy atom. The highest BCUT2D eigenvalue weighted by atomic mass is 14.3. The number of hydrogen-bond donors (Lipinski definition) is 0. The zero-order valence-corrected chi connectivity index (χ0v) is 18.1. The molecule has 0 spiro atoms. The molecule has 0 fully saturated rings. The van der Waals surface area contributed by atoms with Gasteiger partial charge in [0.2, 0.25) is 0 Å². The van der Waals surface area contributed by atoms with E-state index in [0.717, 1.165) is 0 Å². The van der Waals surface area contributed by atoms with E-state index in [-0.39, 0.29) is 0 Å². The standard InChI is InChI=1S/C33H21/c1-2-10-22(9-1)27-14-7-8-16-29(27)33-28-15-6-5-13-25(28)21-32-30(33)18-17-26-19-23-11-3-4-12-24(23)20-31(26)32/h1-21H/q-1. The van der Waals surface area contributed by atoms with Gasteiger partial charge in [-0.15, -0.1) is 24.3 Å². The molecule has 154 valence electrons. The number of benzene rings is 5. The molecule has 7 rings (SSSR count). The molecule has 0 saturated heterocycles. The predicted octanol–water partition coefficient (Wildman–Crippen LogP) is 8.77. The fourth-order valence-electron chi connectivity index (χ4n) is 5.36. The molecule has 0 amide bonds. The van der Waals surface area contributed by atoms with Crippen molar-refractivity contribution in [3.8, 4) is 0 Å². The Morgan fingerprint density at radius 3 is 1.97 bits per heavy atom. The minimum absolute atomic E-state index is 1.26. The van der Waals surface area contributed by atoms with Crippen molar-refractivity contribution in [2.24, 2.45) is 0 Å². The van der Waals surface area contributed by atoms with E-state index in [0.29, 0.717) is 0 Å². The van der Waals surface area contributed by atoms with Crippen LogP contribution in [0.2, 0.25) is 0 Å². The normalized spacial score (nSPS) is 15.2. The lowest BCUT2D eigenvalue weighted by atomic mass is 9.80. The Balaban J connectivity index is 1.62. The average Bonchev–Trinajstić information content (AvgIpc) is 3.41. The second-order valence-corrected chi connectivity index (χ2v) is 8.77. The highest BCUT2D eigenvalue weighted by molar-refractivity contribution is 6.17. The van der Waals surface area contributed by atoms with Crippen LogP contribution in [-0.4, -0.2) is 0 Å². The molecule has 0 atom stereocenters. The van der Waals surface area contributed by atoms with Crippen LogP contribution in [0.15, 0.2) is 139 Å². The molecule has 5 aromatic carbocycles. The van der Waals surface area contributed by atoms with E-state index in [4.69, 9.17) is 0 Å². The van der Waals surface area contributed by atoms with Crippen molar-refractivity contribution in [3.63, 3.8) is 0 Å². The molecular weight excluding hydrogens is 396 g/mol. The van der Waals surface area contributed by atoms with E-state index in [2.05, 4.69) is 127 Å². The Labute approximate surface area is 193 Å². The third-order valence-corrected chi connectivity index (χ3v) is 6.90. The van der Waals surface area contributed by atoms with Gasteiger partial charge in [0.15, 0.2) is 0 Å². The van der Waals surface area contributed by atoms with Crippen molar-refractivity contribution in [3.05, 3.63) is 150 Å². The van der Waals surface area contributed by atoms with Gasteiger partial charge in [-0.3, -0.25) is 0 Å². The summed E-state index contributed by atoms with van der Waals surface area (Å²) in [4.78, 5) is 0. The van der Waals surface area contributed by atoms with Crippen LogP contribution in [0, 0.1) is 5.92 Å². The number of hydrogen-bond acceptors (Lipinski definition) is 0. The number of fused-ring (bicyclic) bond motifs is 5. The summed E-state index contributed by atoms with van der Waals surface area (Å²) in [7, 11) is 0. The van der Waals surface area contributed by atoms with E-state index in [9.17, 15) is 0 Å². The van der Waals surface area contributed by atoms with E-state index < -0.39 is 0 Å². The van der Waals surface area contributed by atoms with Gasteiger partial charge in [-0.05, 0) is 44.5 Å². The first-order chi connectivity index (χ1) is 16.4. The molecule has 0 heteroatoms. The van der Waals surface area contributed by atoms with Crippen LogP contribution in [0.3, 0.4) is 0 Å². The Hall–Kier alpha value is -4.29. The molecule has 5 aromatic rings. The third kappa shape index (κ3) is 2.81. The summed E-state index contributed by atoms with van der Waals surface area (Å²) in [6.45, 7) is 0. The van der Waals surface area contributed by atoms with Crippen molar-refractivity contribution in [2.45, 2.75) is 0 Å². The van der Waals surface area contributed by atoms with Gasteiger partial charge >= 0.3 is 0 Å². The highest BCUT2D eigenvalue weighted by Gasteiger charge is 2.16. The zero-order valence-electron chi connectivity index (χ0n) is 18.1. The van der Waals surface area contributed by atoms with E-state index in [1.54, 1.807) is 0 Å². The van der Waals surface area contributed by atoms with Crippen molar-refractivity contribution in [1.29, 1.82) is 0 Å². The maximum atomic E-state index is 2.37. The first-order valence-corrected chi connectivity index (χ1v) is 11.5. The SMILES string of the molecule is C1=CC(=C2C=CC=C[C-]2c2c3ccccc3cc3c2ccc2cc4ccccc4cc23)C=C1. The molecule has 0 nitrogen and oxygen atoms in total. The quantitative estimate of drug-likeness (QED) is 0.145. The molecule has 33 heavy (non-hydrogen) atoms. The molecule has 0 saturated carbocycles. The van der Waals surface area contributed by atoms with Crippen LogP contribution >= 0.6 is 0 Å². The topological polar surface area (TPSA) is 0 Å². The summed E-state index contributed by atoms with van der Waals surface area (Å²) < 4.78 is 0. The Bertz CT molecular complexity index is 1740. The second kappa shape index (κ2) is 7.12. The van der Waals surface area contributed by atoms with Crippen LogP contribution in [-0.2, 0) is 0 Å². The minimum Gasteiger partial charge on any atom is -0.117 e. The first-order valence-electron chi connectivity index (χ1n) is 11.5. The van der Waals surface area contributed by atoms with Crippen LogP contribution in [0.1, 0.15) is 5.56 Å². The van der Waals surface area contributed by atoms with Gasteiger partial charge in [0.25, 0.3) is 0 Å². The largest absolute Gasteiger partial charge is 0.117 e. The van der Waals surface area contributed by atoms with Crippen molar-refractivity contribution in [2.75, 3.05) is 0 Å². The molecule has 2 aliphatic rings. The molecule has 2 aliphatic carbocycles. The van der Waals surface area contributed by atoms with E-state index in [1.807, 2.05) is 0 Å². The van der Waals surface area contributed by atoms with Gasteiger partial charge in [0.05, 0.1) is 0 Å². The second-order valence-electron chi connectivity index (χ2n) is 8.77. The lowest BCUT2D eigenvalue weighted by Gasteiger charge is -2.30. The van der Waals surface area contributed by atoms with Crippen molar-refractivity contribution < 1.29 is 0 Å². The van der Waals surface area contributed by atoms with Gasteiger partial charge in [0, 0.05) is 0 Å². The maximum Gasteiger partial charge on any atom is -0.0162 e. The average molecular weight is 418 g/mol. The van der Waals surface area contributed by atoms with Gasteiger partial charge < -0.3 is 0 Å². The summed E-state index contributed by atoms with van der Waals surface area (Å²) in [5, 5.41) is 10.3. The van der Waals surface area contributed by atoms with Crippen LogP contribution in [0.4, 0.5) is 0 Å². The van der Waals surface area contributed by atoms with Gasteiger partial charge in [-0.25, -0.2) is 0 Å². The molecule has 0 aliphatic heterocycles. The molecule has 0 aromatic heterocycles. The van der Waals surface area contributed by atoms with Crippen LogP contribution < -0.4 is 0 Å². The van der Waals surface area contributed by atoms with Gasteiger partial charge in [-0.2, -0.15) is 0 Å². The first kappa shape index (κ1) is 18.3. The van der Waals surface area contributed by atoms with Gasteiger partial charge in [-0.1, -0.05) is 124 Å². The molecule has 0 radical (unpaired) electrons. The van der Waals surface area contributed by atoms with E-state index >= 15 is 0 Å². The van der Waals surface area contributed by atoms with E-state index in [1.165, 1.54) is 65.7 Å². The smallest absolute Gasteiger partial charge is 0.0162 e. The van der Waals surface area contributed by atoms with Crippen molar-refractivity contribution in [1.82, 2.24) is 0 Å². The summed E-state index contributed by atoms with van der Waals surface area (Å²) >= 11 is 0. The molecule has 0 N–H and O–H groups in total. The molecular formula is C33H21-. The fraction of sp³-hybridized carbons (Fsp3) is 0. The number of rotatable bonds is 1. The molecule has 0 unspecified atom stereocenters. The summed E-state index contributed by atoms with van der Waals surface area (Å²) in [5.74, 6) is 1.28. The Kier molecular flexibility index (Phi) is 3.95. The van der Waals surface area contributed by atoms with Crippen molar-refractivity contribution >= 4 is 43.1 Å².